The van der Waals surface area contributed by atoms with Crippen molar-refractivity contribution in [3.63, 3.8) is 0 Å². The number of nitrogens with one attached hydrogen (secondary N) is 1. The van der Waals surface area contributed by atoms with Crippen molar-refractivity contribution in [2.45, 2.75) is 4.83 Å². The average molecular weight is 367 g/mol. The predicted molar refractivity (Wildman–Crippen MR) is 68.7 cm³/mol. The van der Waals surface area contributed by atoms with E-state index in [0.29, 0.717) is 5.33 Å². The smallest absolute Gasteiger partial charge is 0.339 e. The highest BCUT2D eigenvalue weighted by Gasteiger charge is 2.15. The molecule has 0 aliphatic rings. The molecule has 0 spiro atoms. The third kappa shape index (κ3) is 4.01. The zero-order chi connectivity index (χ0) is 12.8. The van der Waals surface area contributed by atoms with Crippen LogP contribution in [-0.2, 0) is 4.79 Å². The van der Waals surface area contributed by atoms with Crippen molar-refractivity contribution >= 4 is 43.7 Å². The molecule has 0 heterocycles. The van der Waals surface area contributed by atoms with Gasteiger partial charge in [0.1, 0.15) is 10.4 Å². The zero-order valence-corrected chi connectivity index (χ0v) is 11.7. The third-order valence-electron chi connectivity index (χ3n) is 1.80. The minimum Gasteiger partial charge on any atom is -0.478 e. The van der Waals surface area contributed by atoms with E-state index in [1.807, 2.05) is 0 Å². The molecule has 0 saturated heterocycles. The average Bonchev–Trinajstić information content (AvgIpc) is 2.35. The summed E-state index contributed by atoms with van der Waals surface area (Å²) in [5.74, 6) is -1.43. The van der Waals surface area contributed by atoms with Crippen LogP contribution in [0.5, 0.6) is 5.75 Å². The molecule has 1 amide bonds. The van der Waals surface area contributed by atoms with Crippen molar-refractivity contribution in [3.8, 4) is 5.75 Å². The van der Waals surface area contributed by atoms with E-state index in [4.69, 9.17) is 9.94 Å². The molecular formula is C10H9Br2NO4. The number of aromatic carboxylic acids is 1. The van der Waals surface area contributed by atoms with Gasteiger partial charge >= 0.3 is 5.97 Å². The Morgan fingerprint density at radius 2 is 2.06 bits per heavy atom. The Morgan fingerprint density at radius 3 is 2.65 bits per heavy atom. The summed E-state index contributed by atoms with van der Waals surface area (Å²) >= 11 is 6.23. The van der Waals surface area contributed by atoms with Crippen LogP contribution in [-0.4, -0.2) is 27.1 Å². The Balaban J connectivity index is 2.69. The second-order valence-electron chi connectivity index (χ2n) is 2.99. The molecule has 92 valence electrons. The van der Waals surface area contributed by atoms with Gasteiger partial charge in [0.15, 0.2) is 5.75 Å². The predicted octanol–water partition coefficient (Wildman–Crippen LogP) is 1.95. The molecule has 1 unspecified atom stereocenters. The molecule has 1 atom stereocenters. The number of alkyl halides is 2. The standard InChI is InChI=1S/C10H9Br2NO4/c11-5-7(12)9(14)13-17-8-4-2-1-3-6(8)10(15)16/h1-4,7H,5H2,(H,13,14)(H,15,16). The van der Waals surface area contributed by atoms with Crippen LogP contribution in [0.2, 0.25) is 0 Å². The molecule has 1 aromatic carbocycles. The van der Waals surface area contributed by atoms with E-state index in [2.05, 4.69) is 37.3 Å². The lowest BCUT2D eigenvalue weighted by molar-refractivity contribution is -0.126. The highest BCUT2D eigenvalue weighted by atomic mass is 79.9. The highest BCUT2D eigenvalue weighted by Crippen LogP contribution is 2.17. The number of hydrogen-bond acceptors (Lipinski definition) is 3. The van der Waals surface area contributed by atoms with Crippen LogP contribution >= 0.6 is 31.9 Å². The maximum atomic E-state index is 11.4. The number of rotatable bonds is 5. The van der Waals surface area contributed by atoms with E-state index in [9.17, 15) is 9.59 Å². The van der Waals surface area contributed by atoms with Gasteiger partial charge in [-0.3, -0.25) is 4.79 Å². The molecule has 0 saturated carbocycles. The van der Waals surface area contributed by atoms with Gasteiger partial charge < -0.3 is 9.94 Å². The molecule has 0 radical (unpaired) electrons. The van der Waals surface area contributed by atoms with Crippen LogP contribution in [0.25, 0.3) is 0 Å². The normalized spacial score (nSPS) is 11.6. The molecule has 0 bridgehead atoms. The lowest BCUT2D eigenvalue weighted by atomic mass is 10.2. The van der Waals surface area contributed by atoms with Crippen molar-refractivity contribution < 1.29 is 19.5 Å². The summed E-state index contributed by atoms with van der Waals surface area (Å²) in [6.07, 6.45) is 0. The fourth-order valence-corrected chi connectivity index (χ4v) is 1.36. The highest BCUT2D eigenvalue weighted by molar-refractivity contribution is 9.12. The van der Waals surface area contributed by atoms with Gasteiger partial charge in [0, 0.05) is 5.33 Å². The first kappa shape index (κ1) is 14.0. The maximum absolute atomic E-state index is 11.4. The largest absolute Gasteiger partial charge is 0.478 e. The molecule has 7 heteroatoms. The van der Waals surface area contributed by atoms with E-state index in [1.54, 1.807) is 12.1 Å². The van der Waals surface area contributed by atoms with Gasteiger partial charge in [0.05, 0.1) is 0 Å². The van der Waals surface area contributed by atoms with Crippen molar-refractivity contribution in [1.29, 1.82) is 0 Å². The summed E-state index contributed by atoms with van der Waals surface area (Å²) in [5, 5.41) is 9.30. The third-order valence-corrected chi connectivity index (χ3v) is 4.05. The molecule has 5 nitrogen and oxygen atoms in total. The number of halogens is 2. The molecule has 1 rings (SSSR count). The minimum absolute atomic E-state index is 0.0160. The van der Waals surface area contributed by atoms with Crippen LogP contribution in [0.15, 0.2) is 24.3 Å². The SMILES string of the molecule is O=C(O)c1ccccc1ONC(=O)C(Br)CBr. The van der Waals surface area contributed by atoms with Gasteiger partial charge in [-0.2, -0.15) is 5.48 Å². The van der Waals surface area contributed by atoms with Gasteiger partial charge in [0.25, 0.3) is 5.91 Å². The number of hydroxylamine groups is 1. The Bertz CT molecular complexity index is 425. The number of hydrogen-bond donors (Lipinski definition) is 2. The number of carboxylic acid groups (broad SMARTS) is 1. The number of carbonyl (C=O) groups excluding carboxylic acids is 1. The monoisotopic (exact) mass is 365 g/mol. The van der Waals surface area contributed by atoms with Gasteiger partial charge in [-0.1, -0.05) is 44.0 Å². The van der Waals surface area contributed by atoms with Gasteiger partial charge in [-0.05, 0) is 12.1 Å². The molecule has 0 fully saturated rings. The van der Waals surface area contributed by atoms with E-state index in [1.165, 1.54) is 12.1 Å². The Hall–Kier alpha value is -1.08. The van der Waals surface area contributed by atoms with E-state index < -0.39 is 16.7 Å². The number of benzene rings is 1. The number of carboxylic acids is 1. The fraction of sp³-hybridized carbons (Fsp3) is 0.200. The Labute approximate surface area is 114 Å². The second-order valence-corrected chi connectivity index (χ2v) is 4.74. The van der Waals surface area contributed by atoms with E-state index in [-0.39, 0.29) is 11.3 Å². The van der Waals surface area contributed by atoms with Gasteiger partial charge in [-0.25, -0.2) is 4.79 Å². The number of para-hydroxylation sites is 1. The summed E-state index contributed by atoms with van der Waals surface area (Å²) in [5.41, 5.74) is 2.15. The summed E-state index contributed by atoms with van der Waals surface area (Å²) in [6.45, 7) is 0. The first-order chi connectivity index (χ1) is 8.06. The lowest BCUT2D eigenvalue weighted by Crippen LogP contribution is -2.34. The molecule has 0 aliphatic carbocycles. The molecule has 17 heavy (non-hydrogen) atoms. The topological polar surface area (TPSA) is 75.6 Å². The summed E-state index contributed by atoms with van der Waals surface area (Å²) in [4.78, 5) is 26.7. The minimum atomic E-state index is -1.12. The van der Waals surface area contributed by atoms with Gasteiger partial charge in [0.2, 0.25) is 0 Å². The van der Waals surface area contributed by atoms with Crippen molar-refractivity contribution in [2.24, 2.45) is 0 Å². The zero-order valence-electron chi connectivity index (χ0n) is 8.52. The molecular weight excluding hydrogens is 358 g/mol. The van der Waals surface area contributed by atoms with Crippen LogP contribution < -0.4 is 10.3 Å². The van der Waals surface area contributed by atoms with E-state index in [0.717, 1.165) is 0 Å². The number of carbonyl (C=O) groups is 2. The fourth-order valence-electron chi connectivity index (χ4n) is 0.972. The van der Waals surface area contributed by atoms with Crippen LogP contribution in [0.4, 0.5) is 0 Å². The van der Waals surface area contributed by atoms with Crippen molar-refractivity contribution in [3.05, 3.63) is 29.8 Å². The van der Waals surface area contributed by atoms with Crippen LogP contribution in [0, 0.1) is 0 Å². The number of amides is 1. The second kappa shape index (κ2) is 6.61. The quantitative estimate of drug-likeness (QED) is 0.617. The van der Waals surface area contributed by atoms with E-state index >= 15 is 0 Å². The van der Waals surface area contributed by atoms with Crippen molar-refractivity contribution in [2.75, 3.05) is 5.33 Å². The van der Waals surface area contributed by atoms with Crippen LogP contribution in [0.1, 0.15) is 10.4 Å². The lowest BCUT2D eigenvalue weighted by Gasteiger charge is -2.10. The molecule has 1 aromatic rings. The molecule has 0 aromatic heterocycles. The molecule has 2 N–H and O–H groups in total. The summed E-state index contributed by atoms with van der Waals surface area (Å²) in [6, 6.07) is 6.04. The maximum Gasteiger partial charge on any atom is 0.339 e. The summed E-state index contributed by atoms with van der Waals surface area (Å²) in [7, 11) is 0. The Kier molecular flexibility index (Phi) is 5.43. The van der Waals surface area contributed by atoms with Gasteiger partial charge in [-0.15, -0.1) is 0 Å². The summed E-state index contributed by atoms with van der Waals surface area (Å²) < 4.78 is 0. The Morgan fingerprint density at radius 1 is 1.41 bits per heavy atom. The van der Waals surface area contributed by atoms with Crippen LogP contribution in [0.3, 0.4) is 0 Å². The van der Waals surface area contributed by atoms with Crippen molar-refractivity contribution in [1.82, 2.24) is 5.48 Å². The first-order valence-electron chi connectivity index (χ1n) is 4.55. The first-order valence-corrected chi connectivity index (χ1v) is 6.59. The molecule has 0 aliphatic heterocycles.